The van der Waals surface area contributed by atoms with Gasteiger partial charge in [0.25, 0.3) is 0 Å². The molecule has 0 aromatic heterocycles. The molecular weight excluding hydrogens is 214 g/mol. The van der Waals surface area contributed by atoms with Crippen molar-refractivity contribution >= 4 is 12.6 Å². The predicted molar refractivity (Wildman–Crippen MR) is 73.2 cm³/mol. The van der Waals surface area contributed by atoms with E-state index in [1.807, 2.05) is 0 Å². The molecule has 88 valence electrons. The first-order valence-corrected chi connectivity index (χ1v) is 6.89. The van der Waals surface area contributed by atoms with Gasteiger partial charge in [-0.05, 0) is 43.8 Å². The van der Waals surface area contributed by atoms with Crippen molar-refractivity contribution in [3.8, 4) is 0 Å². The van der Waals surface area contributed by atoms with E-state index in [0.717, 1.165) is 18.2 Å². The zero-order valence-corrected chi connectivity index (χ0v) is 10.7. The number of likely N-dealkylation sites (tertiary alicyclic amines) is 1. The van der Waals surface area contributed by atoms with Gasteiger partial charge in [-0.15, -0.1) is 0 Å². The van der Waals surface area contributed by atoms with Gasteiger partial charge >= 0.3 is 0 Å². The van der Waals surface area contributed by atoms with Crippen LogP contribution in [0.25, 0.3) is 0 Å². The number of hydrogen-bond acceptors (Lipinski definition) is 2. The molecule has 0 atom stereocenters. The van der Waals surface area contributed by atoms with Gasteiger partial charge in [0.05, 0.1) is 0 Å². The first-order chi connectivity index (χ1) is 7.88. The third-order valence-corrected chi connectivity index (χ3v) is 3.69. The summed E-state index contributed by atoms with van der Waals surface area (Å²) in [6, 6.07) is 10.9. The Morgan fingerprint density at radius 1 is 1.12 bits per heavy atom. The maximum Gasteiger partial charge on any atom is 0.00698 e. The monoisotopic (exact) mass is 235 g/mol. The second-order valence-electron chi connectivity index (χ2n) is 4.70. The van der Waals surface area contributed by atoms with Gasteiger partial charge in [0.1, 0.15) is 0 Å². The third kappa shape index (κ3) is 3.53. The van der Waals surface area contributed by atoms with Gasteiger partial charge in [0.2, 0.25) is 0 Å². The second kappa shape index (κ2) is 6.31. The fraction of sp³-hybridized carbons (Fsp3) is 0.571. The SMILES string of the molecule is SCCN1CCC(Cc2ccccc2)CC1. The second-order valence-corrected chi connectivity index (χ2v) is 5.15. The molecule has 2 heteroatoms. The minimum Gasteiger partial charge on any atom is -0.303 e. The summed E-state index contributed by atoms with van der Waals surface area (Å²) in [7, 11) is 0. The fourth-order valence-electron chi connectivity index (χ4n) is 2.50. The van der Waals surface area contributed by atoms with E-state index < -0.39 is 0 Å². The molecule has 0 amide bonds. The lowest BCUT2D eigenvalue weighted by molar-refractivity contribution is 0.193. The quantitative estimate of drug-likeness (QED) is 0.785. The normalized spacial score (nSPS) is 18.8. The average Bonchev–Trinajstić information content (AvgIpc) is 2.33. The lowest BCUT2D eigenvalue weighted by Crippen LogP contribution is -2.35. The van der Waals surface area contributed by atoms with Crippen LogP contribution in [0.15, 0.2) is 30.3 Å². The van der Waals surface area contributed by atoms with Gasteiger partial charge in [-0.1, -0.05) is 30.3 Å². The summed E-state index contributed by atoms with van der Waals surface area (Å²) >= 11 is 4.29. The van der Waals surface area contributed by atoms with E-state index in [4.69, 9.17) is 0 Å². The highest BCUT2D eigenvalue weighted by atomic mass is 32.1. The number of nitrogens with zero attached hydrogens (tertiary/aromatic N) is 1. The molecule has 1 saturated heterocycles. The molecule has 2 rings (SSSR count). The van der Waals surface area contributed by atoms with Crippen molar-refractivity contribution in [2.24, 2.45) is 5.92 Å². The number of hydrogen-bond donors (Lipinski definition) is 1. The number of piperidine rings is 1. The molecule has 0 radical (unpaired) electrons. The van der Waals surface area contributed by atoms with E-state index in [-0.39, 0.29) is 0 Å². The van der Waals surface area contributed by atoms with Gasteiger partial charge in [0.15, 0.2) is 0 Å². The molecule has 0 aliphatic carbocycles. The molecule has 1 aromatic rings. The molecule has 0 bridgehead atoms. The van der Waals surface area contributed by atoms with Crippen molar-refractivity contribution in [3.05, 3.63) is 35.9 Å². The first kappa shape index (κ1) is 12.0. The summed E-state index contributed by atoms with van der Waals surface area (Å²) in [5, 5.41) is 0. The molecule has 1 aliphatic heterocycles. The van der Waals surface area contributed by atoms with E-state index in [9.17, 15) is 0 Å². The largest absolute Gasteiger partial charge is 0.303 e. The standard InChI is InChI=1S/C14H21NS/c16-11-10-15-8-6-14(7-9-15)12-13-4-2-1-3-5-13/h1-5,14,16H,6-12H2. The lowest BCUT2D eigenvalue weighted by Gasteiger charge is -2.31. The molecule has 1 fully saturated rings. The van der Waals surface area contributed by atoms with Gasteiger partial charge < -0.3 is 4.90 Å². The molecule has 1 aromatic carbocycles. The van der Waals surface area contributed by atoms with Gasteiger partial charge in [0, 0.05) is 12.3 Å². The Morgan fingerprint density at radius 3 is 2.44 bits per heavy atom. The Labute approximate surface area is 104 Å². The van der Waals surface area contributed by atoms with Crippen LogP contribution in [0.1, 0.15) is 18.4 Å². The van der Waals surface area contributed by atoms with Crippen LogP contribution < -0.4 is 0 Å². The van der Waals surface area contributed by atoms with Crippen LogP contribution in [0, 0.1) is 5.92 Å². The average molecular weight is 235 g/mol. The highest BCUT2D eigenvalue weighted by Crippen LogP contribution is 2.21. The van der Waals surface area contributed by atoms with Crippen LogP contribution in [0.2, 0.25) is 0 Å². The molecule has 0 saturated carbocycles. The van der Waals surface area contributed by atoms with E-state index in [2.05, 4.69) is 47.9 Å². The Balaban J connectivity index is 1.77. The maximum atomic E-state index is 4.29. The molecule has 0 N–H and O–H groups in total. The Bertz CT molecular complexity index is 291. The summed E-state index contributed by atoms with van der Waals surface area (Å²) < 4.78 is 0. The summed E-state index contributed by atoms with van der Waals surface area (Å²) in [4.78, 5) is 2.54. The molecule has 16 heavy (non-hydrogen) atoms. The fourth-order valence-corrected chi connectivity index (χ4v) is 2.79. The summed E-state index contributed by atoms with van der Waals surface area (Å²) in [5.74, 6) is 1.88. The number of benzene rings is 1. The zero-order valence-electron chi connectivity index (χ0n) is 9.81. The Morgan fingerprint density at radius 2 is 1.81 bits per heavy atom. The zero-order chi connectivity index (χ0) is 11.2. The molecule has 0 unspecified atom stereocenters. The molecule has 1 aliphatic rings. The van der Waals surface area contributed by atoms with E-state index in [1.54, 1.807) is 0 Å². The van der Waals surface area contributed by atoms with Gasteiger partial charge in [-0.2, -0.15) is 12.6 Å². The van der Waals surface area contributed by atoms with Crippen molar-refractivity contribution in [2.75, 3.05) is 25.4 Å². The highest BCUT2D eigenvalue weighted by molar-refractivity contribution is 7.80. The summed E-state index contributed by atoms with van der Waals surface area (Å²) in [5.41, 5.74) is 1.50. The van der Waals surface area contributed by atoms with Crippen molar-refractivity contribution in [1.29, 1.82) is 0 Å². The summed E-state index contributed by atoms with van der Waals surface area (Å²) in [6.07, 6.45) is 3.96. The van der Waals surface area contributed by atoms with Crippen LogP contribution in [0.3, 0.4) is 0 Å². The number of thiol groups is 1. The Kier molecular flexibility index (Phi) is 4.73. The van der Waals surface area contributed by atoms with Crippen molar-refractivity contribution in [3.63, 3.8) is 0 Å². The minimum atomic E-state index is 0.888. The lowest BCUT2D eigenvalue weighted by atomic mass is 9.90. The number of rotatable bonds is 4. The predicted octanol–water partition coefficient (Wildman–Crippen LogP) is 2.87. The molecule has 1 heterocycles. The molecule has 1 nitrogen and oxygen atoms in total. The van der Waals surface area contributed by atoms with Crippen molar-refractivity contribution in [2.45, 2.75) is 19.3 Å². The smallest absolute Gasteiger partial charge is 0.00698 e. The van der Waals surface area contributed by atoms with Crippen molar-refractivity contribution < 1.29 is 0 Å². The first-order valence-electron chi connectivity index (χ1n) is 6.25. The van der Waals surface area contributed by atoms with Gasteiger partial charge in [-0.3, -0.25) is 0 Å². The maximum absolute atomic E-state index is 4.29. The van der Waals surface area contributed by atoms with Crippen molar-refractivity contribution in [1.82, 2.24) is 4.90 Å². The van der Waals surface area contributed by atoms with E-state index in [1.165, 1.54) is 37.9 Å². The third-order valence-electron chi connectivity index (χ3n) is 3.49. The summed E-state index contributed by atoms with van der Waals surface area (Å²) in [6.45, 7) is 3.68. The van der Waals surface area contributed by atoms with E-state index >= 15 is 0 Å². The molecular formula is C14H21NS. The minimum absolute atomic E-state index is 0.888. The highest BCUT2D eigenvalue weighted by Gasteiger charge is 2.18. The molecule has 0 spiro atoms. The van der Waals surface area contributed by atoms with Crippen LogP contribution >= 0.6 is 12.6 Å². The van der Waals surface area contributed by atoms with Gasteiger partial charge in [-0.25, -0.2) is 0 Å². The van der Waals surface area contributed by atoms with Crippen LogP contribution in [0.4, 0.5) is 0 Å². The van der Waals surface area contributed by atoms with Crippen LogP contribution in [0.5, 0.6) is 0 Å². The van der Waals surface area contributed by atoms with Crippen LogP contribution in [-0.4, -0.2) is 30.3 Å². The van der Waals surface area contributed by atoms with E-state index in [0.29, 0.717) is 0 Å². The topological polar surface area (TPSA) is 3.24 Å². The Hall–Kier alpha value is -0.470. The van der Waals surface area contributed by atoms with Crippen LogP contribution in [-0.2, 0) is 6.42 Å².